The summed E-state index contributed by atoms with van der Waals surface area (Å²) in [4.78, 5) is 26.6. The van der Waals surface area contributed by atoms with Crippen molar-refractivity contribution < 1.29 is 19.1 Å². The molecule has 1 saturated carbocycles. The van der Waals surface area contributed by atoms with Gasteiger partial charge in [-0.1, -0.05) is 0 Å². The van der Waals surface area contributed by atoms with Gasteiger partial charge in [0.25, 0.3) is 5.91 Å². The minimum atomic E-state index is -0.130. The summed E-state index contributed by atoms with van der Waals surface area (Å²) in [6, 6.07) is -0.0110. The number of nitrogens with one attached hydrogen (secondary N) is 1. The van der Waals surface area contributed by atoms with Crippen LogP contribution in [0, 0.1) is 11.8 Å². The number of aryl methyl sites for hydroxylation is 1. The fourth-order valence-corrected chi connectivity index (χ4v) is 3.37. The molecule has 1 aromatic rings. The molecule has 0 aromatic carbocycles. The van der Waals surface area contributed by atoms with Crippen molar-refractivity contribution in [3.63, 3.8) is 0 Å². The van der Waals surface area contributed by atoms with Crippen molar-refractivity contribution in [3.8, 4) is 0 Å². The van der Waals surface area contributed by atoms with E-state index in [1.54, 1.807) is 31.2 Å². The van der Waals surface area contributed by atoms with Gasteiger partial charge in [0.05, 0.1) is 31.0 Å². The molecule has 2 fully saturated rings. The predicted octanol–water partition coefficient (Wildman–Crippen LogP) is 0.0499. The number of carbonyl (C=O) groups excluding carboxylic acids is 2. The van der Waals surface area contributed by atoms with E-state index in [0.717, 1.165) is 0 Å². The number of methoxy groups -OCH3 is 1. The van der Waals surface area contributed by atoms with Crippen LogP contribution in [-0.2, 0) is 21.3 Å². The van der Waals surface area contributed by atoms with Gasteiger partial charge in [-0.25, -0.2) is 0 Å². The van der Waals surface area contributed by atoms with Crippen LogP contribution in [-0.4, -0.2) is 72.6 Å². The van der Waals surface area contributed by atoms with Gasteiger partial charge in [-0.05, 0) is 18.8 Å². The first-order valence-corrected chi connectivity index (χ1v) is 8.72. The van der Waals surface area contributed by atoms with Crippen molar-refractivity contribution >= 4 is 11.8 Å². The molecule has 1 aliphatic carbocycles. The van der Waals surface area contributed by atoms with E-state index < -0.39 is 0 Å². The quantitative estimate of drug-likeness (QED) is 0.670. The molecular formula is C17H26N4O4. The van der Waals surface area contributed by atoms with Gasteiger partial charge in [0.15, 0.2) is 0 Å². The van der Waals surface area contributed by atoms with Crippen LogP contribution in [0.5, 0.6) is 0 Å². The van der Waals surface area contributed by atoms with E-state index in [0.29, 0.717) is 43.7 Å². The molecule has 0 unspecified atom stereocenters. The standard InChI is InChI=1S/C17H26N4O4/c1-20-8-13(7-18-20)17(23)19-15-10-21(9-14(15)12-3-4-12)16(22)11-25-6-5-24-2/h7-8,12,14-15H,3-6,9-11H2,1-2H3,(H,19,23)/t14-,15+/m1/s1. The molecule has 1 aliphatic heterocycles. The highest BCUT2D eigenvalue weighted by atomic mass is 16.5. The Labute approximate surface area is 147 Å². The predicted molar refractivity (Wildman–Crippen MR) is 90.0 cm³/mol. The minimum absolute atomic E-state index is 0.0110. The second-order valence-corrected chi connectivity index (χ2v) is 6.83. The van der Waals surface area contributed by atoms with E-state index in [-0.39, 0.29) is 24.5 Å². The number of rotatable bonds is 8. The first-order valence-electron chi connectivity index (χ1n) is 8.72. The zero-order valence-corrected chi connectivity index (χ0v) is 14.8. The molecule has 1 N–H and O–H groups in total. The van der Waals surface area contributed by atoms with E-state index in [4.69, 9.17) is 9.47 Å². The van der Waals surface area contributed by atoms with Crippen molar-refractivity contribution in [2.75, 3.05) is 40.0 Å². The van der Waals surface area contributed by atoms with Gasteiger partial charge >= 0.3 is 0 Å². The van der Waals surface area contributed by atoms with Crippen LogP contribution in [0.2, 0.25) is 0 Å². The van der Waals surface area contributed by atoms with Crippen LogP contribution >= 0.6 is 0 Å². The van der Waals surface area contributed by atoms with Crippen molar-refractivity contribution in [1.29, 1.82) is 0 Å². The Morgan fingerprint density at radius 1 is 1.32 bits per heavy atom. The number of carbonyl (C=O) groups is 2. The molecule has 2 aliphatic rings. The van der Waals surface area contributed by atoms with Crippen LogP contribution in [0.1, 0.15) is 23.2 Å². The summed E-state index contributed by atoms with van der Waals surface area (Å²) >= 11 is 0. The molecule has 2 heterocycles. The number of likely N-dealkylation sites (tertiary alicyclic amines) is 1. The molecule has 2 atom stereocenters. The molecular weight excluding hydrogens is 324 g/mol. The largest absolute Gasteiger partial charge is 0.382 e. The highest BCUT2D eigenvalue weighted by Crippen LogP contribution is 2.41. The summed E-state index contributed by atoms with van der Waals surface area (Å²) in [5.74, 6) is 0.768. The molecule has 25 heavy (non-hydrogen) atoms. The number of amides is 2. The summed E-state index contributed by atoms with van der Waals surface area (Å²) in [7, 11) is 3.38. The lowest BCUT2D eigenvalue weighted by Crippen LogP contribution is -2.41. The van der Waals surface area contributed by atoms with Gasteiger partial charge < -0.3 is 19.7 Å². The Kier molecular flexibility index (Phi) is 5.70. The smallest absolute Gasteiger partial charge is 0.254 e. The van der Waals surface area contributed by atoms with Gasteiger partial charge in [0.1, 0.15) is 6.61 Å². The van der Waals surface area contributed by atoms with Crippen LogP contribution in [0.4, 0.5) is 0 Å². The number of nitrogens with zero attached hydrogens (tertiary/aromatic N) is 3. The highest BCUT2D eigenvalue weighted by Gasteiger charge is 2.44. The zero-order valence-electron chi connectivity index (χ0n) is 14.8. The van der Waals surface area contributed by atoms with Gasteiger partial charge in [-0.3, -0.25) is 14.3 Å². The van der Waals surface area contributed by atoms with Crippen LogP contribution < -0.4 is 5.32 Å². The Morgan fingerprint density at radius 3 is 2.76 bits per heavy atom. The normalized spacial score (nSPS) is 23.0. The maximum absolute atomic E-state index is 12.4. The molecule has 0 bridgehead atoms. The van der Waals surface area contributed by atoms with Crippen molar-refractivity contribution in [2.24, 2.45) is 18.9 Å². The Hall–Kier alpha value is -1.93. The minimum Gasteiger partial charge on any atom is -0.382 e. The third-order valence-electron chi connectivity index (χ3n) is 4.89. The van der Waals surface area contributed by atoms with E-state index in [1.165, 1.54) is 12.8 Å². The van der Waals surface area contributed by atoms with Crippen LogP contribution in [0.25, 0.3) is 0 Å². The molecule has 138 valence electrons. The number of hydrogen-bond donors (Lipinski definition) is 1. The average Bonchev–Trinajstić information content (AvgIpc) is 3.21. The lowest BCUT2D eigenvalue weighted by atomic mass is 9.98. The first-order chi connectivity index (χ1) is 12.1. The van der Waals surface area contributed by atoms with E-state index in [2.05, 4.69) is 10.4 Å². The second-order valence-electron chi connectivity index (χ2n) is 6.83. The highest BCUT2D eigenvalue weighted by molar-refractivity contribution is 5.94. The number of ether oxygens (including phenoxy) is 2. The number of hydrogen-bond acceptors (Lipinski definition) is 5. The Morgan fingerprint density at radius 2 is 2.12 bits per heavy atom. The van der Waals surface area contributed by atoms with E-state index in [9.17, 15) is 9.59 Å². The van der Waals surface area contributed by atoms with Crippen LogP contribution in [0.3, 0.4) is 0 Å². The molecule has 0 radical (unpaired) electrons. The monoisotopic (exact) mass is 350 g/mol. The lowest BCUT2D eigenvalue weighted by molar-refractivity contribution is -0.135. The molecule has 1 aromatic heterocycles. The van der Waals surface area contributed by atoms with E-state index in [1.807, 2.05) is 4.90 Å². The molecule has 1 saturated heterocycles. The fraction of sp³-hybridized carbons (Fsp3) is 0.706. The van der Waals surface area contributed by atoms with Gasteiger partial charge in [-0.2, -0.15) is 5.10 Å². The molecule has 8 nitrogen and oxygen atoms in total. The summed E-state index contributed by atoms with van der Waals surface area (Å²) in [6.07, 6.45) is 5.61. The summed E-state index contributed by atoms with van der Waals surface area (Å²) in [5.41, 5.74) is 0.546. The van der Waals surface area contributed by atoms with Gasteiger partial charge in [0.2, 0.25) is 5.91 Å². The lowest BCUT2D eigenvalue weighted by Gasteiger charge is -2.18. The summed E-state index contributed by atoms with van der Waals surface area (Å²) < 4.78 is 11.8. The maximum Gasteiger partial charge on any atom is 0.254 e. The average molecular weight is 350 g/mol. The van der Waals surface area contributed by atoms with Gasteiger partial charge in [0, 0.05) is 39.4 Å². The number of aromatic nitrogens is 2. The summed E-state index contributed by atoms with van der Waals surface area (Å²) in [5, 5.41) is 7.13. The first kappa shape index (κ1) is 17.9. The van der Waals surface area contributed by atoms with Crippen molar-refractivity contribution in [1.82, 2.24) is 20.0 Å². The van der Waals surface area contributed by atoms with Gasteiger partial charge in [-0.15, -0.1) is 0 Å². The maximum atomic E-state index is 12.4. The third-order valence-corrected chi connectivity index (χ3v) is 4.89. The van der Waals surface area contributed by atoms with E-state index >= 15 is 0 Å². The van der Waals surface area contributed by atoms with Crippen LogP contribution in [0.15, 0.2) is 12.4 Å². The SMILES string of the molecule is COCCOCC(=O)N1C[C@H](NC(=O)c2cnn(C)c2)[C@@H](C2CC2)C1. The molecule has 0 spiro atoms. The Bertz CT molecular complexity index is 614. The topological polar surface area (TPSA) is 85.7 Å². The Balaban J connectivity index is 1.55. The van der Waals surface area contributed by atoms with Crippen molar-refractivity contribution in [2.45, 2.75) is 18.9 Å². The fourth-order valence-electron chi connectivity index (χ4n) is 3.37. The van der Waals surface area contributed by atoms with Crippen molar-refractivity contribution in [3.05, 3.63) is 18.0 Å². The second kappa shape index (κ2) is 7.97. The third kappa shape index (κ3) is 4.58. The molecule has 2 amide bonds. The zero-order chi connectivity index (χ0) is 17.8. The molecule has 8 heteroatoms. The summed E-state index contributed by atoms with van der Waals surface area (Å²) in [6.45, 7) is 2.17. The molecule has 3 rings (SSSR count).